The second-order valence-electron chi connectivity index (χ2n) is 4.56. The number of rotatable bonds is 7. The van der Waals surface area contributed by atoms with Gasteiger partial charge in [0.05, 0.1) is 0 Å². The molecule has 1 aromatic heterocycles. The summed E-state index contributed by atoms with van der Waals surface area (Å²) in [5.41, 5.74) is 0. The van der Waals surface area contributed by atoms with E-state index >= 15 is 0 Å². The molecule has 4 nitrogen and oxygen atoms in total. The Balaban J connectivity index is 2.71. The lowest BCUT2D eigenvalue weighted by molar-refractivity contribution is 0.400. The fourth-order valence-electron chi connectivity index (χ4n) is 1.78. The van der Waals surface area contributed by atoms with Crippen LogP contribution in [0.3, 0.4) is 0 Å². The van der Waals surface area contributed by atoms with Crippen molar-refractivity contribution in [2.45, 2.75) is 26.7 Å². The van der Waals surface area contributed by atoms with Crippen LogP contribution in [0.5, 0.6) is 0 Å². The first-order valence-electron chi connectivity index (χ1n) is 6.50. The van der Waals surface area contributed by atoms with Gasteiger partial charge < -0.3 is 9.80 Å². The molecule has 0 unspecified atom stereocenters. The van der Waals surface area contributed by atoms with Gasteiger partial charge in [0, 0.05) is 25.6 Å². The van der Waals surface area contributed by atoms with E-state index in [2.05, 4.69) is 40.8 Å². The highest BCUT2D eigenvalue weighted by atomic mass is 35.5. The Morgan fingerprint density at radius 3 is 2.44 bits per heavy atom. The van der Waals surface area contributed by atoms with Crippen LogP contribution in [0.25, 0.3) is 0 Å². The SMILES string of the molecule is CCc1nc(Cl)cc(N(CC)CCCN(C)C)n1. The second-order valence-corrected chi connectivity index (χ2v) is 4.94. The van der Waals surface area contributed by atoms with Crippen molar-refractivity contribution in [3.05, 3.63) is 17.0 Å². The minimum absolute atomic E-state index is 0.530. The Morgan fingerprint density at radius 2 is 1.89 bits per heavy atom. The number of aromatic nitrogens is 2. The van der Waals surface area contributed by atoms with Gasteiger partial charge in [-0.25, -0.2) is 9.97 Å². The molecule has 102 valence electrons. The molecule has 1 aromatic rings. The van der Waals surface area contributed by atoms with E-state index in [9.17, 15) is 0 Å². The highest BCUT2D eigenvalue weighted by molar-refractivity contribution is 6.29. The van der Waals surface area contributed by atoms with Gasteiger partial charge in [0.1, 0.15) is 16.8 Å². The predicted molar refractivity (Wildman–Crippen MR) is 77.5 cm³/mol. The van der Waals surface area contributed by atoms with E-state index in [1.165, 1.54) is 0 Å². The Hall–Kier alpha value is -0.870. The molecule has 0 bridgehead atoms. The van der Waals surface area contributed by atoms with Crippen molar-refractivity contribution in [1.82, 2.24) is 14.9 Å². The molecule has 0 atom stereocenters. The molecule has 0 saturated carbocycles. The summed E-state index contributed by atoms with van der Waals surface area (Å²) in [6.07, 6.45) is 1.92. The van der Waals surface area contributed by atoms with Gasteiger partial charge in [-0.15, -0.1) is 0 Å². The molecule has 18 heavy (non-hydrogen) atoms. The monoisotopic (exact) mass is 270 g/mol. The van der Waals surface area contributed by atoms with E-state index in [-0.39, 0.29) is 0 Å². The minimum Gasteiger partial charge on any atom is -0.357 e. The predicted octanol–water partition coefficient (Wildman–Crippen LogP) is 2.47. The number of anilines is 1. The normalized spacial score (nSPS) is 11.0. The summed E-state index contributed by atoms with van der Waals surface area (Å²) in [5.74, 6) is 1.75. The van der Waals surface area contributed by atoms with Gasteiger partial charge >= 0.3 is 0 Å². The molecule has 0 saturated heterocycles. The Labute approximate surface area is 115 Å². The summed E-state index contributed by atoms with van der Waals surface area (Å²) in [6, 6.07) is 1.85. The van der Waals surface area contributed by atoms with Gasteiger partial charge in [0.15, 0.2) is 0 Å². The van der Waals surface area contributed by atoms with Crippen LogP contribution in [-0.4, -0.2) is 48.6 Å². The van der Waals surface area contributed by atoms with Crippen LogP contribution < -0.4 is 4.90 Å². The van der Waals surface area contributed by atoms with E-state index in [1.54, 1.807) is 0 Å². The van der Waals surface area contributed by atoms with Gasteiger partial charge in [0.25, 0.3) is 0 Å². The summed E-state index contributed by atoms with van der Waals surface area (Å²) < 4.78 is 0. The van der Waals surface area contributed by atoms with Gasteiger partial charge in [-0.3, -0.25) is 0 Å². The van der Waals surface area contributed by atoms with E-state index in [0.29, 0.717) is 5.15 Å². The van der Waals surface area contributed by atoms with E-state index in [0.717, 1.165) is 44.1 Å². The van der Waals surface area contributed by atoms with Crippen LogP contribution in [0.15, 0.2) is 6.07 Å². The number of halogens is 1. The average molecular weight is 271 g/mol. The number of aryl methyl sites for hydroxylation is 1. The molecule has 0 aliphatic heterocycles. The van der Waals surface area contributed by atoms with Crippen LogP contribution in [0.4, 0.5) is 5.82 Å². The zero-order chi connectivity index (χ0) is 13.5. The third-order valence-electron chi connectivity index (χ3n) is 2.78. The maximum Gasteiger partial charge on any atom is 0.134 e. The first-order chi connectivity index (χ1) is 8.56. The Morgan fingerprint density at radius 1 is 1.17 bits per heavy atom. The molecular weight excluding hydrogens is 248 g/mol. The summed E-state index contributed by atoms with van der Waals surface area (Å²) >= 11 is 6.03. The van der Waals surface area contributed by atoms with Crippen molar-refractivity contribution < 1.29 is 0 Å². The number of hydrogen-bond donors (Lipinski definition) is 0. The first-order valence-corrected chi connectivity index (χ1v) is 6.87. The zero-order valence-corrected chi connectivity index (χ0v) is 12.5. The van der Waals surface area contributed by atoms with Gasteiger partial charge in [0.2, 0.25) is 0 Å². The molecule has 0 fully saturated rings. The molecule has 0 amide bonds. The van der Waals surface area contributed by atoms with Gasteiger partial charge in [-0.05, 0) is 34.0 Å². The standard InChI is InChI=1S/C13H23ClN4/c1-5-12-15-11(14)10-13(16-12)18(6-2)9-7-8-17(3)4/h10H,5-9H2,1-4H3. The fourth-order valence-corrected chi connectivity index (χ4v) is 1.98. The van der Waals surface area contributed by atoms with Gasteiger partial charge in [-0.2, -0.15) is 0 Å². The second kappa shape index (κ2) is 7.54. The lowest BCUT2D eigenvalue weighted by Crippen LogP contribution is -2.28. The third kappa shape index (κ3) is 4.78. The first kappa shape index (κ1) is 15.2. The Kier molecular flexibility index (Phi) is 6.36. The summed E-state index contributed by atoms with van der Waals surface area (Å²) in [7, 11) is 4.18. The molecule has 1 rings (SSSR count). The highest BCUT2D eigenvalue weighted by Crippen LogP contribution is 2.16. The molecule has 1 heterocycles. The van der Waals surface area contributed by atoms with Gasteiger partial charge in [-0.1, -0.05) is 18.5 Å². The summed E-state index contributed by atoms with van der Waals surface area (Å²) in [4.78, 5) is 13.2. The molecule has 5 heteroatoms. The minimum atomic E-state index is 0.530. The van der Waals surface area contributed by atoms with Crippen LogP contribution in [0, 0.1) is 0 Å². The summed E-state index contributed by atoms with van der Waals surface area (Å²) in [6.45, 7) is 7.18. The topological polar surface area (TPSA) is 32.3 Å². The van der Waals surface area contributed by atoms with Crippen molar-refractivity contribution in [3.8, 4) is 0 Å². The van der Waals surface area contributed by atoms with E-state index < -0.39 is 0 Å². The van der Waals surface area contributed by atoms with Crippen molar-refractivity contribution in [2.24, 2.45) is 0 Å². The fraction of sp³-hybridized carbons (Fsp3) is 0.692. The number of hydrogen-bond acceptors (Lipinski definition) is 4. The highest BCUT2D eigenvalue weighted by Gasteiger charge is 2.09. The largest absolute Gasteiger partial charge is 0.357 e. The van der Waals surface area contributed by atoms with Crippen LogP contribution >= 0.6 is 11.6 Å². The smallest absolute Gasteiger partial charge is 0.134 e. The quantitative estimate of drug-likeness (QED) is 0.713. The maximum atomic E-state index is 6.03. The third-order valence-corrected chi connectivity index (χ3v) is 2.98. The Bertz CT molecular complexity index is 368. The van der Waals surface area contributed by atoms with Crippen molar-refractivity contribution in [3.63, 3.8) is 0 Å². The van der Waals surface area contributed by atoms with Crippen LogP contribution in [-0.2, 0) is 6.42 Å². The average Bonchev–Trinajstić information content (AvgIpc) is 2.33. The number of nitrogens with zero attached hydrogens (tertiary/aromatic N) is 4. The van der Waals surface area contributed by atoms with Crippen molar-refractivity contribution in [2.75, 3.05) is 38.6 Å². The van der Waals surface area contributed by atoms with Crippen LogP contribution in [0.1, 0.15) is 26.1 Å². The lowest BCUT2D eigenvalue weighted by atomic mass is 10.3. The lowest BCUT2D eigenvalue weighted by Gasteiger charge is -2.23. The maximum absolute atomic E-state index is 6.03. The molecule has 0 N–H and O–H groups in total. The molecule has 0 aliphatic carbocycles. The van der Waals surface area contributed by atoms with Crippen LogP contribution in [0.2, 0.25) is 5.15 Å². The zero-order valence-electron chi connectivity index (χ0n) is 11.8. The molecular formula is C13H23ClN4. The molecule has 0 radical (unpaired) electrons. The van der Waals surface area contributed by atoms with E-state index in [4.69, 9.17) is 11.6 Å². The molecule has 0 aromatic carbocycles. The van der Waals surface area contributed by atoms with Crippen molar-refractivity contribution in [1.29, 1.82) is 0 Å². The summed E-state index contributed by atoms with van der Waals surface area (Å²) in [5, 5.41) is 0.530. The van der Waals surface area contributed by atoms with E-state index in [1.807, 2.05) is 13.0 Å². The molecule has 0 spiro atoms. The molecule has 0 aliphatic rings. The van der Waals surface area contributed by atoms with Crippen molar-refractivity contribution >= 4 is 17.4 Å².